The van der Waals surface area contributed by atoms with Crippen molar-refractivity contribution in [3.63, 3.8) is 0 Å². The Hall–Kier alpha value is -1.54. The Bertz CT molecular complexity index is 1250. The normalized spacial score (nSPS) is 14.7. The maximum absolute atomic E-state index is 6.17. The molecule has 2 aliphatic rings. The summed E-state index contributed by atoms with van der Waals surface area (Å²) in [5, 5.41) is 7.36. The van der Waals surface area contributed by atoms with E-state index in [2.05, 4.69) is 141 Å². The summed E-state index contributed by atoms with van der Waals surface area (Å²) in [6.07, 6.45) is 12.3. The van der Waals surface area contributed by atoms with Gasteiger partial charge in [0.25, 0.3) is 0 Å². The fourth-order valence-electron chi connectivity index (χ4n) is 3.91. The van der Waals surface area contributed by atoms with Gasteiger partial charge in [-0.25, -0.2) is 0 Å². The van der Waals surface area contributed by atoms with Gasteiger partial charge >= 0.3 is 0 Å². The van der Waals surface area contributed by atoms with Crippen LogP contribution in [0.25, 0.3) is 9.66 Å². The second kappa shape index (κ2) is 13.8. The number of rotatable bonds is 10. The minimum Gasteiger partial charge on any atom is -0.415 e. The molecule has 0 amide bonds. The highest BCUT2D eigenvalue weighted by Gasteiger charge is 2.37. The van der Waals surface area contributed by atoms with Crippen LogP contribution in [0.2, 0.25) is 36.3 Å². The molecule has 6 nitrogen and oxygen atoms in total. The van der Waals surface area contributed by atoms with Crippen LogP contribution in [0.4, 0.5) is 11.4 Å². The summed E-state index contributed by atoms with van der Waals surface area (Å²) in [5.74, 6) is 0. The van der Waals surface area contributed by atoms with Crippen molar-refractivity contribution in [2.24, 2.45) is 0 Å². The summed E-state index contributed by atoms with van der Waals surface area (Å²) < 4.78 is 13.6. The molecule has 0 saturated carbocycles. The van der Waals surface area contributed by atoms with Gasteiger partial charge in [-0.05, 0) is 76.6 Å². The smallest absolute Gasteiger partial charge is 0.192 e. The molecule has 0 radical (unpaired) electrons. The van der Waals surface area contributed by atoms with Crippen molar-refractivity contribution in [1.29, 1.82) is 0 Å². The van der Waals surface area contributed by atoms with Crippen LogP contribution in [0.1, 0.15) is 64.1 Å². The number of nitrogens with zero attached hydrogens (tertiary/aromatic N) is 2. The van der Waals surface area contributed by atoms with Crippen molar-refractivity contribution in [2.45, 2.75) is 90.6 Å². The highest BCUT2D eigenvalue weighted by atomic mass is 127. The topological polar surface area (TPSA) is 68.3 Å². The van der Waals surface area contributed by atoms with E-state index in [1.165, 1.54) is 26.1 Å². The predicted molar refractivity (Wildman–Crippen MR) is 190 cm³/mol. The molecule has 226 valence electrons. The molecule has 2 heterocycles. The van der Waals surface area contributed by atoms with Crippen LogP contribution < -0.4 is 10.6 Å². The molecule has 0 bridgehead atoms. The Morgan fingerprint density at radius 3 is 1.83 bits per heavy atom. The number of nitrogens with one attached hydrogen (secondary N) is 2. The van der Waals surface area contributed by atoms with E-state index >= 15 is 0 Å². The molecule has 2 aromatic heterocycles. The second-order valence-electron chi connectivity index (χ2n) is 13.9. The van der Waals surface area contributed by atoms with Gasteiger partial charge < -0.3 is 19.5 Å². The van der Waals surface area contributed by atoms with E-state index in [9.17, 15) is 0 Å². The van der Waals surface area contributed by atoms with Crippen LogP contribution in [0.3, 0.4) is 0 Å². The molecule has 0 aromatic carbocycles. The van der Waals surface area contributed by atoms with Gasteiger partial charge in [0.2, 0.25) is 0 Å². The average molecular weight is 707 g/mol. The van der Waals surface area contributed by atoms with Gasteiger partial charge in [0.05, 0.1) is 48.4 Å². The minimum atomic E-state index is -1.64. The van der Waals surface area contributed by atoms with Crippen LogP contribution >= 0.6 is 22.6 Å². The molecule has 2 aliphatic carbocycles. The van der Waals surface area contributed by atoms with Gasteiger partial charge in [-0.15, -0.1) is 0 Å². The third-order valence-electron chi connectivity index (χ3n) is 8.72. The number of hydrogen-bond acceptors (Lipinski definition) is 6. The predicted octanol–water partition coefficient (Wildman–Crippen LogP) is 8.93. The van der Waals surface area contributed by atoms with Gasteiger partial charge in [0, 0.05) is 35.1 Å². The molecular weight excluding hydrogens is 655 g/mol. The molecule has 0 saturated heterocycles. The molecule has 41 heavy (non-hydrogen) atoms. The quantitative estimate of drug-likeness (QED) is 0.146. The second-order valence-corrected chi connectivity index (χ2v) is 24.7. The summed E-state index contributed by atoms with van der Waals surface area (Å²) in [6.45, 7) is 25.9. The standard InChI is InChI=1S/C16H25IN2OSi.C16H26N2OSi/c1-16(2,3)21(4,5)20-9-8-18-12-10-13-14(17)6-7-15(13)19-11-12;1-16(2,3)20(4,5)19-10-9-17-14-11-13-7-6-8-15(13)18-12-14/h6,10-11,18H,7-9H2,1-5H3;6-7,11-12,17H,8-10H2,1-5H3. The average Bonchev–Trinajstić information content (AvgIpc) is 3.49. The summed E-state index contributed by atoms with van der Waals surface area (Å²) in [4.78, 5) is 8.99. The van der Waals surface area contributed by atoms with Gasteiger partial charge in [-0.1, -0.05) is 59.8 Å². The van der Waals surface area contributed by atoms with Crippen LogP contribution in [0.5, 0.6) is 0 Å². The molecule has 4 rings (SSSR count). The number of hydrogen-bond donors (Lipinski definition) is 2. The number of anilines is 2. The molecular formula is C32H51IN4O2Si2. The zero-order valence-electron chi connectivity index (χ0n) is 26.9. The summed E-state index contributed by atoms with van der Waals surface area (Å²) in [7, 11) is -3.26. The summed E-state index contributed by atoms with van der Waals surface area (Å²) in [6, 6.07) is 4.36. The largest absolute Gasteiger partial charge is 0.415 e. The van der Waals surface area contributed by atoms with Gasteiger partial charge in [-0.3, -0.25) is 9.97 Å². The first kappa shape index (κ1) is 34.0. The van der Waals surface area contributed by atoms with Crippen molar-refractivity contribution < 1.29 is 8.85 Å². The Kier molecular flexibility index (Phi) is 11.5. The molecule has 9 heteroatoms. The molecule has 0 atom stereocenters. The van der Waals surface area contributed by atoms with Crippen LogP contribution in [0, 0.1) is 0 Å². The Morgan fingerprint density at radius 2 is 1.29 bits per heavy atom. The third-order valence-corrected chi connectivity index (χ3v) is 18.8. The maximum Gasteiger partial charge on any atom is 0.192 e. The number of fused-ring (bicyclic) bond motifs is 2. The SMILES string of the molecule is CC(C)(C)[Si](C)(C)OCCNc1cnc2c(c1)C(I)=CC2.CC(C)(C)[Si](C)(C)OCCNc1cnc2c(c1)C=CC2. The van der Waals surface area contributed by atoms with E-state index in [4.69, 9.17) is 8.85 Å². The van der Waals surface area contributed by atoms with Gasteiger partial charge in [-0.2, -0.15) is 0 Å². The highest BCUT2D eigenvalue weighted by Crippen LogP contribution is 2.37. The molecule has 2 N–H and O–H groups in total. The lowest BCUT2D eigenvalue weighted by Gasteiger charge is -2.36. The van der Waals surface area contributed by atoms with E-state index in [1.54, 1.807) is 0 Å². The first-order valence-electron chi connectivity index (χ1n) is 14.8. The van der Waals surface area contributed by atoms with Crippen LogP contribution in [-0.4, -0.2) is 52.9 Å². The minimum absolute atomic E-state index is 0.267. The first-order chi connectivity index (χ1) is 19.0. The molecule has 0 unspecified atom stereocenters. The highest BCUT2D eigenvalue weighted by molar-refractivity contribution is 14.1. The number of pyridine rings is 2. The Morgan fingerprint density at radius 1 is 0.780 bits per heavy atom. The third kappa shape index (κ3) is 9.48. The lowest BCUT2D eigenvalue weighted by atomic mass is 10.2. The fourth-order valence-corrected chi connectivity index (χ4v) is 6.69. The van der Waals surface area contributed by atoms with Crippen molar-refractivity contribution in [1.82, 2.24) is 9.97 Å². The van der Waals surface area contributed by atoms with Crippen LogP contribution in [-0.2, 0) is 21.7 Å². The zero-order chi connectivity index (χ0) is 30.5. The van der Waals surface area contributed by atoms with E-state index in [-0.39, 0.29) is 10.1 Å². The van der Waals surface area contributed by atoms with E-state index < -0.39 is 16.6 Å². The Labute approximate surface area is 264 Å². The summed E-state index contributed by atoms with van der Waals surface area (Å²) >= 11 is 2.38. The van der Waals surface area contributed by atoms with Gasteiger partial charge in [0.1, 0.15) is 0 Å². The van der Waals surface area contributed by atoms with Crippen molar-refractivity contribution in [3.8, 4) is 0 Å². The lowest BCUT2D eigenvalue weighted by molar-refractivity contribution is 0.301. The number of halogens is 1. The number of allylic oxidation sites excluding steroid dienone is 2. The lowest BCUT2D eigenvalue weighted by Crippen LogP contribution is -2.41. The molecule has 0 fully saturated rings. The maximum atomic E-state index is 6.17. The summed E-state index contributed by atoms with van der Waals surface area (Å²) in [5.41, 5.74) is 7.02. The van der Waals surface area contributed by atoms with Crippen LogP contribution in [0.15, 0.2) is 36.7 Å². The van der Waals surface area contributed by atoms with Gasteiger partial charge in [0.15, 0.2) is 16.6 Å². The van der Waals surface area contributed by atoms with Crippen molar-refractivity contribution >= 4 is 60.3 Å². The first-order valence-corrected chi connectivity index (χ1v) is 21.7. The number of aromatic nitrogens is 2. The van der Waals surface area contributed by atoms with E-state index in [0.717, 1.165) is 50.5 Å². The molecule has 0 aliphatic heterocycles. The Balaban J connectivity index is 0.000000226. The zero-order valence-corrected chi connectivity index (χ0v) is 31.0. The fraction of sp³-hybridized carbons (Fsp3) is 0.562. The molecule has 0 spiro atoms. The molecule has 2 aromatic rings. The van der Waals surface area contributed by atoms with E-state index in [0.29, 0.717) is 0 Å². The van der Waals surface area contributed by atoms with Crippen molar-refractivity contribution in [3.05, 3.63) is 59.2 Å². The monoisotopic (exact) mass is 706 g/mol. The van der Waals surface area contributed by atoms with Crippen molar-refractivity contribution in [2.75, 3.05) is 36.9 Å². The van der Waals surface area contributed by atoms with E-state index in [1.807, 2.05) is 12.4 Å².